The van der Waals surface area contributed by atoms with E-state index < -0.39 is 53.2 Å². The number of aliphatic hydroxyl groups is 3. The molecule has 3 N–H and O–H groups in total. The Bertz CT molecular complexity index is 1080. The van der Waals surface area contributed by atoms with Crippen LogP contribution in [0, 0.1) is 63.6 Å². The number of fused-ring (bicyclic) bond motifs is 5. The summed E-state index contributed by atoms with van der Waals surface area (Å²) >= 11 is 0. The van der Waals surface area contributed by atoms with Crippen LogP contribution in [-0.2, 0) is 19.1 Å². The predicted octanol–water partition coefficient (Wildman–Crippen LogP) is 4.91. The zero-order valence-electron chi connectivity index (χ0n) is 26.6. The van der Waals surface area contributed by atoms with E-state index in [4.69, 9.17) is 9.47 Å². The second kappa shape index (κ2) is 10.3. The standard InChI is InChI=1S/C34H54O7/c1-16(2)18(4)33(8)15-24(33)17(3)23-14-26(40-19(5)35)28-27-25(38)13-21-12-22(37)10-11-32(21,7)29(27)30(39)31(34(23,28)9)41-20(6)36/h13,16-18,22-31,37-39H,10-12,14-15H2,1-9H3/t17-,18+,22-,23+,24+,25+,26-,27-,28-,29+,30-,31+,32-,33+,34+/m0/s1. The van der Waals surface area contributed by atoms with E-state index in [-0.39, 0.29) is 35.1 Å². The number of esters is 2. The van der Waals surface area contributed by atoms with Crippen molar-refractivity contribution in [2.75, 3.05) is 0 Å². The van der Waals surface area contributed by atoms with Gasteiger partial charge in [0.25, 0.3) is 0 Å². The monoisotopic (exact) mass is 574 g/mol. The molecule has 0 bridgehead atoms. The molecule has 7 heteroatoms. The van der Waals surface area contributed by atoms with E-state index in [9.17, 15) is 24.9 Å². The van der Waals surface area contributed by atoms with Crippen LogP contribution < -0.4 is 0 Å². The van der Waals surface area contributed by atoms with E-state index >= 15 is 0 Å². The molecule has 0 aromatic heterocycles. The smallest absolute Gasteiger partial charge is 0.303 e. The second-order valence-electron chi connectivity index (χ2n) is 15.7. The zero-order valence-corrected chi connectivity index (χ0v) is 26.6. The van der Waals surface area contributed by atoms with Gasteiger partial charge in [-0.2, -0.15) is 0 Å². The fraction of sp³-hybridized carbons (Fsp3) is 0.882. The summed E-state index contributed by atoms with van der Waals surface area (Å²) in [5, 5.41) is 34.6. The maximum absolute atomic E-state index is 12.7. The minimum absolute atomic E-state index is 0.0292. The lowest BCUT2D eigenvalue weighted by Gasteiger charge is -2.63. The summed E-state index contributed by atoms with van der Waals surface area (Å²) in [6, 6.07) is 0. The average molecular weight is 575 g/mol. The van der Waals surface area contributed by atoms with Gasteiger partial charge in [-0.25, -0.2) is 0 Å². The van der Waals surface area contributed by atoms with Crippen molar-refractivity contribution < 1.29 is 34.4 Å². The Balaban J connectivity index is 1.62. The summed E-state index contributed by atoms with van der Waals surface area (Å²) in [4.78, 5) is 25.2. The minimum atomic E-state index is -0.991. The van der Waals surface area contributed by atoms with Crippen LogP contribution >= 0.6 is 0 Å². The molecule has 4 saturated carbocycles. The highest BCUT2D eigenvalue weighted by Crippen LogP contribution is 2.72. The first-order valence-electron chi connectivity index (χ1n) is 16.1. The Hall–Kier alpha value is -1.44. The summed E-state index contributed by atoms with van der Waals surface area (Å²) in [5.41, 5.74) is 0.0175. The van der Waals surface area contributed by atoms with Crippen LogP contribution in [0.4, 0.5) is 0 Å². The van der Waals surface area contributed by atoms with Gasteiger partial charge in [-0.3, -0.25) is 9.59 Å². The van der Waals surface area contributed by atoms with Crippen LogP contribution in [-0.4, -0.2) is 57.8 Å². The molecule has 0 amide bonds. The summed E-state index contributed by atoms with van der Waals surface area (Å²) < 4.78 is 12.2. The Labute approximate surface area is 246 Å². The van der Waals surface area contributed by atoms with Crippen molar-refractivity contribution in [2.45, 2.75) is 125 Å². The third kappa shape index (κ3) is 4.63. The first-order valence-corrected chi connectivity index (χ1v) is 16.1. The maximum atomic E-state index is 12.7. The summed E-state index contributed by atoms with van der Waals surface area (Å²) in [5.74, 6) is 0.0415. The molecule has 41 heavy (non-hydrogen) atoms. The zero-order chi connectivity index (χ0) is 30.4. The molecule has 0 spiro atoms. The molecule has 0 heterocycles. The Morgan fingerprint density at radius 1 is 0.951 bits per heavy atom. The lowest BCUT2D eigenvalue weighted by Crippen LogP contribution is -2.68. The molecule has 4 fully saturated rings. The molecule has 0 aliphatic heterocycles. The van der Waals surface area contributed by atoms with Gasteiger partial charge in [0.05, 0.1) is 18.3 Å². The number of aliphatic hydroxyl groups excluding tert-OH is 3. The maximum Gasteiger partial charge on any atom is 0.303 e. The van der Waals surface area contributed by atoms with Gasteiger partial charge in [-0.15, -0.1) is 0 Å². The SMILES string of the molecule is CC(=O)O[C@H]1C[C@H]([C@H](C)[C@H]2C[C@]2(C)[C@H](C)C(C)C)[C@]2(C)[C@@H]1[C@H]1[C@H]([C@H](O)[C@H]2OC(C)=O)[C@@]2(C)CC[C@H](O)CC2=C[C@H]1O. The summed E-state index contributed by atoms with van der Waals surface area (Å²) in [6.07, 6.45) is 1.85. The molecule has 0 saturated heterocycles. The number of carbonyl (C=O) groups is 2. The van der Waals surface area contributed by atoms with Crippen molar-refractivity contribution in [3.63, 3.8) is 0 Å². The molecular weight excluding hydrogens is 520 g/mol. The van der Waals surface area contributed by atoms with Crippen molar-refractivity contribution >= 4 is 11.9 Å². The van der Waals surface area contributed by atoms with Crippen LogP contribution in [0.25, 0.3) is 0 Å². The lowest BCUT2D eigenvalue weighted by molar-refractivity contribution is -0.239. The fourth-order valence-electron chi connectivity index (χ4n) is 11.0. The van der Waals surface area contributed by atoms with Crippen LogP contribution in [0.15, 0.2) is 11.6 Å². The van der Waals surface area contributed by atoms with Gasteiger partial charge < -0.3 is 24.8 Å². The van der Waals surface area contributed by atoms with Gasteiger partial charge >= 0.3 is 11.9 Å². The highest BCUT2D eigenvalue weighted by atomic mass is 16.6. The normalized spacial score (nSPS) is 50.1. The highest BCUT2D eigenvalue weighted by molar-refractivity contribution is 5.67. The molecule has 5 aliphatic rings. The highest BCUT2D eigenvalue weighted by Gasteiger charge is 2.73. The first-order chi connectivity index (χ1) is 19.0. The molecule has 0 aromatic rings. The molecule has 7 nitrogen and oxygen atoms in total. The molecule has 0 unspecified atom stereocenters. The van der Waals surface area contributed by atoms with E-state index in [0.29, 0.717) is 43.4 Å². The fourth-order valence-corrected chi connectivity index (χ4v) is 11.0. The Morgan fingerprint density at radius 3 is 2.17 bits per heavy atom. The van der Waals surface area contributed by atoms with Crippen LogP contribution in [0.3, 0.4) is 0 Å². The lowest BCUT2D eigenvalue weighted by atomic mass is 9.44. The van der Waals surface area contributed by atoms with E-state index in [0.717, 1.165) is 12.0 Å². The van der Waals surface area contributed by atoms with E-state index in [2.05, 4.69) is 48.5 Å². The number of rotatable bonds is 6. The van der Waals surface area contributed by atoms with Gasteiger partial charge in [0.2, 0.25) is 0 Å². The van der Waals surface area contributed by atoms with Crippen LogP contribution in [0.2, 0.25) is 0 Å². The van der Waals surface area contributed by atoms with Crippen molar-refractivity contribution in [1.29, 1.82) is 0 Å². The molecule has 15 atom stereocenters. The van der Waals surface area contributed by atoms with Crippen molar-refractivity contribution in [3.05, 3.63) is 11.6 Å². The molecule has 0 aromatic carbocycles. The quantitative estimate of drug-likeness (QED) is 0.305. The van der Waals surface area contributed by atoms with E-state index in [1.54, 1.807) is 0 Å². The van der Waals surface area contributed by atoms with Crippen molar-refractivity contribution in [3.8, 4) is 0 Å². The average Bonchev–Trinajstić information content (AvgIpc) is 3.48. The topological polar surface area (TPSA) is 113 Å². The molecule has 232 valence electrons. The third-order valence-corrected chi connectivity index (χ3v) is 13.5. The number of carbonyl (C=O) groups excluding carboxylic acids is 2. The summed E-state index contributed by atoms with van der Waals surface area (Å²) in [6.45, 7) is 18.7. The van der Waals surface area contributed by atoms with E-state index in [1.807, 2.05) is 6.08 Å². The predicted molar refractivity (Wildman–Crippen MR) is 155 cm³/mol. The minimum Gasteiger partial charge on any atom is -0.462 e. The molecule has 5 aliphatic carbocycles. The Kier molecular flexibility index (Phi) is 7.81. The van der Waals surface area contributed by atoms with Gasteiger partial charge in [0, 0.05) is 37.0 Å². The molecule has 0 radical (unpaired) electrons. The third-order valence-electron chi connectivity index (χ3n) is 13.5. The summed E-state index contributed by atoms with van der Waals surface area (Å²) in [7, 11) is 0. The van der Waals surface area contributed by atoms with Crippen LogP contribution in [0.1, 0.15) is 94.4 Å². The number of hydrogen-bond acceptors (Lipinski definition) is 7. The molecular formula is C34H54O7. The van der Waals surface area contributed by atoms with Crippen molar-refractivity contribution in [2.24, 2.45) is 63.6 Å². The van der Waals surface area contributed by atoms with Gasteiger partial charge in [-0.1, -0.05) is 60.1 Å². The van der Waals surface area contributed by atoms with Gasteiger partial charge in [-0.05, 0) is 72.5 Å². The number of hydrogen-bond donors (Lipinski definition) is 3. The Morgan fingerprint density at radius 2 is 1.59 bits per heavy atom. The van der Waals surface area contributed by atoms with Crippen molar-refractivity contribution in [1.82, 2.24) is 0 Å². The van der Waals surface area contributed by atoms with Crippen LogP contribution in [0.5, 0.6) is 0 Å². The van der Waals surface area contributed by atoms with Gasteiger partial charge in [0.15, 0.2) is 0 Å². The first kappa shape index (κ1) is 31.0. The molecule has 5 rings (SSSR count). The number of ether oxygens (including phenoxy) is 2. The van der Waals surface area contributed by atoms with E-state index in [1.165, 1.54) is 13.8 Å². The second-order valence-corrected chi connectivity index (χ2v) is 15.7. The largest absolute Gasteiger partial charge is 0.462 e. The van der Waals surface area contributed by atoms with Gasteiger partial charge in [0.1, 0.15) is 12.2 Å².